The third kappa shape index (κ3) is 5.65. The van der Waals surface area contributed by atoms with Crippen LogP contribution in [0.3, 0.4) is 0 Å². The average molecular weight is 276 g/mol. The van der Waals surface area contributed by atoms with Gasteiger partial charge in [0, 0.05) is 18.7 Å². The van der Waals surface area contributed by atoms with Crippen molar-refractivity contribution in [3.8, 4) is 6.07 Å². The first kappa shape index (κ1) is 15.9. The van der Waals surface area contributed by atoms with Gasteiger partial charge in [-0.15, -0.1) is 0 Å². The summed E-state index contributed by atoms with van der Waals surface area (Å²) in [7, 11) is 0. The van der Waals surface area contributed by atoms with Gasteiger partial charge in [-0.3, -0.25) is 4.79 Å². The van der Waals surface area contributed by atoms with Crippen LogP contribution in [0.25, 0.3) is 0 Å². The van der Waals surface area contributed by atoms with Gasteiger partial charge in [0.25, 0.3) is 0 Å². The molecule has 6 heteroatoms. The molecule has 1 aromatic rings. The number of aryl methyl sites for hydroxylation is 1. The van der Waals surface area contributed by atoms with Crippen LogP contribution in [0.4, 0.5) is 5.95 Å². The van der Waals surface area contributed by atoms with Crippen molar-refractivity contribution in [1.29, 1.82) is 5.26 Å². The number of nitriles is 1. The molecule has 0 radical (unpaired) electrons. The second-order valence-electron chi connectivity index (χ2n) is 4.75. The van der Waals surface area contributed by atoms with Crippen LogP contribution in [0, 0.1) is 24.2 Å². The molecule has 1 unspecified atom stereocenters. The van der Waals surface area contributed by atoms with Gasteiger partial charge >= 0.3 is 5.97 Å². The second-order valence-corrected chi connectivity index (χ2v) is 4.75. The van der Waals surface area contributed by atoms with Gasteiger partial charge in [-0.05, 0) is 31.7 Å². The van der Waals surface area contributed by atoms with E-state index in [1.807, 2.05) is 13.0 Å². The first-order valence-corrected chi connectivity index (χ1v) is 6.76. The molecule has 20 heavy (non-hydrogen) atoms. The second kappa shape index (κ2) is 8.10. The Bertz CT molecular complexity index is 496. The van der Waals surface area contributed by atoms with Crippen molar-refractivity contribution in [3.63, 3.8) is 0 Å². The van der Waals surface area contributed by atoms with Gasteiger partial charge in [-0.1, -0.05) is 13.3 Å². The summed E-state index contributed by atoms with van der Waals surface area (Å²) in [6.07, 6.45) is 2.71. The lowest BCUT2D eigenvalue weighted by molar-refractivity contribution is -0.137. The normalized spacial score (nSPS) is 11.7. The van der Waals surface area contributed by atoms with Crippen molar-refractivity contribution >= 4 is 11.9 Å². The Labute approximate surface area is 118 Å². The number of hydrogen-bond donors (Lipinski definition) is 2. The molecule has 1 heterocycles. The first-order valence-electron chi connectivity index (χ1n) is 6.76. The van der Waals surface area contributed by atoms with E-state index in [0.29, 0.717) is 30.5 Å². The molecule has 0 aliphatic heterocycles. The van der Waals surface area contributed by atoms with Crippen LogP contribution in [0.15, 0.2) is 6.07 Å². The summed E-state index contributed by atoms with van der Waals surface area (Å²) in [5.74, 6) is 0.0746. The minimum Gasteiger partial charge on any atom is -0.481 e. The number of aromatic nitrogens is 2. The van der Waals surface area contributed by atoms with Crippen molar-refractivity contribution in [2.24, 2.45) is 5.92 Å². The zero-order valence-corrected chi connectivity index (χ0v) is 11.9. The average Bonchev–Trinajstić information content (AvgIpc) is 2.41. The Morgan fingerprint density at radius 2 is 2.25 bits per heavy atom. The highest BCUT2D eigenvalue weighted by Gasteiger charge is 2.09. The number of nitrogens with one attached hydrogen (secondary N) is 1. The van der Waals surface area contributed by atoms with Gasteiger partial charge in [0.05, 0.1) is 0 Å². The lowest BCUT2D eigenvalue weighted by Crippen LogP contribution is -2.12. The molecule has 0 amide bonds. The molecule has 0 spiro atoms. The fourth-order valence-corrected chi connectivity index (χ4v) is 1.97. The number of carboxylic acid groups (broad SMARTS) is 1. The summed E-state index contributed by atoms with van der Waals surface area (Å²) in [6.45, 7) is 4.55. The smallest absolute Gasteiger partial charge is 0.303 e. The predicted molar refractivity (Wildman–Crippen MR) is 75.2 cm³/mol. The summed E-state index contributed by atoms with van der Waals surface area (Å²) in [5, 5.41) is 20.6. The zero-order chi connectivity index (χ0) is 15.0. The maximum absolute atomic E-state index is 10.6. The van der Waals surface area contributed by atoms with Crippen LogP contribution < -0.4 is 5.32 Å². The Morgan fingerprint density at radius 1 is 1.50 bits per heavy atom. The minimum atomic E-state index is -0.753. The molecule has 2 N–H and O–H groups in total. The number of rotatable bonds is 8. The van der Waals surface area contributed by atoms with Crippen molar-refractivity contribution in [3.05, 3.63) is 17.5 Å². The molecule has 0 fully saturated rings. The van der Waals surface area contributed by atoms with Crippen molar-refractivity contribution in [1.82, 2.24) is 9.97 Å². The van der Waals surface area contributed by atoms with E-state index >= 15 is 0 Å². The van der Waals surface area contributed by atoms with Gasteiger partial charge in [0.2, 0.25) is 5.95 Å². The third-order valence-corrected chi connectivity index (χ3v) is 3.15. The summed E-state index contributed by atoms with van der Waals surface area (Å²) >= 11 is 0. The Balaban J connectivity index is 2.45. The monoisotopic (exact) mass is 276 g/mol. The third-order valence-electron chi connectivity index (χ3n) is 3.15. The summed E-state index contributed by atoms with van der Waals surface area (Å²) in [5.41, 5.74) is 1.09. The van der Waals surface area contributed by atoms with E-state index in [2.05, 4.69) is 22.2 Å². The quantitative estimate of drug-likeness (QED) is 0.756. The molecule has 0 saturated carbocycles. The maximum atomic E-state index is 10.6. The van der Waals surface area contributed by atoms with E-state index < -0.39 is 5.97 Å². The van der Waals surface area contributed by atoms with Crippen LogP contribution in [0.1, 0.15) is 44.0 Å². The lowest BCUT2D eigenvalue weighted by Gasteiger charge is -2.14. The molecule has 1 aromatic heterocycles. The van der Waals surface area contributed by atoms with E-state index in [9.17, 15) is 4.79 Å². The number of hydrogen-bond acceptors (Lipinski definition) is 5. The zero-order valence-electron chi connectivity index (χ0n) is 11.9. The molecule has 0 aromatic carbocycles. The molecule has 0 saturated heterocycles. The molecule has 6 nitrogen and oxygen atoms in total. The maximum Gasteiger partial charge on any atom is 0.303 e. The summed E-state index contributed by atoms with van der Waals surface area (Å²) in [4.78, 5) is 18.8. The largest absolute Gasteiger partial charge is 0.481 e. The van der Waals surface area contributed by atoms with E-state index in [-0.39, 0.29) is 6.42 Å². The molecule has 1 atom stereocenters. The van der Waals surface area contributed by atoms with E-state index in [0.717, 1.165) is 18.5 Å². The fraction of sp³-hybridized carbons (Fsp3) is 0.571. The fourth-order valence-electron chi connectivity index (χ4n) is 1.97. The number of carboxylic acids is 1. The highest BCUT2D eigenvalue weighted by Crippen LogP contribution is 2.15. The number of aliphatic carboxylic acids is 1. The van der Waals surface area contributed by atoms with Crippen molar-refractivity contribution < 1.29 is 9.90 Å². The predicted octanol–water partition coefficient (Wildman–Crippen LogP) is 2.35. The van der Waals surface area contributed by atoms with Crippen molar-refractivity contribution in [2.75, 3.05) is 11.9 Å². The van der Waals surface area contributed by atoms with Gasteiger partial charge < -0.3 is 10.4 Å². The molecule has 0 aliphatic rings. The lowest BCUT2D eigenvalue weighted by atomic mass is 9.97. The number of anilines is 1. The van der Waals surface area contributed by atoms with Crippen molar-refractivity contribution in [2.45, 2.75) is 39.5 Å². The first-order chi connectivity index (χ1) is 9.55. The van der Waals surface area contributed by atoms with Gasteiger partial charge in [0.15, 0.2) is 0 Å². The van der Waals surface area contributed by atoms with Gasteiger partial charge in [-0.25, -0.2) is 9.97 Å². The molecule has 1 rings (SSSR count). The van der Waals surface area contributed by atoms with E-state index in [4.69, 9.17) is 10.4 Å². The SMILES string of the molecule is CCC(CCNc1nc(C)cc(C#N)n1)CCC(=O)O. The van der Waals surface area contributed by atoms with E-state index in [1.54, 1.807) is 6.07 Å². The Kier molecular flexibility index (Phi) is 6.44. The summed E-state index contributed by atoms with van der Waals surface area (Å²) < 4.78 is 0. The number of nitrogens with zero attached hydrogens (tertiary/aromatic N) is 3. The van der Waals surface area contributed by atoms with Gasteiger partial charge in [-0.2, -0.15) is 5.26 Å². The Morgan fingerprint density at radius 3 is 2.85 bits per heavy atom. The highest BCUT2D eigenvalue weighted by molar-refractivity contribution is 5.66. The molecular formula is C14H20N4O2. The molecule has 0 aliphatic carbocycles. The van der Waals surface area contributed by atoms with Gasteiger partial charge in [0.1, 0.15) is 11.8 Å². The molecule has 0 bridgehead atoms. The van der Waals surface area contributed by atoms with Crippen LogP contribution >= 0.6 is 0 Å². The summed E-state index contributed by atoms with van der Waals surface area (Å²) in [6, 6.07) is 3.63. The molecular weight excluding hydrogens is 256 g/mol. The standard InChI is InChI=1S/C14H20N4O2/c1-3-11(4-5-13(19)20)6-7-16-14-17-10(2)8-12(9-15)18-14/h8,11H,3-7H2,1-2H3,(H,19,20)(H,16,17,18). The van der Waals surface area contributed by atoms with Crippen LogP contribution in [0.2, 0.25) is 0 Å². The minimum absolute atomic E-state index is 0.206. The van der Waals surface area contributed by atoms with Crippen LogP contribution in [-0.4, -0.2) is 27.6 Å². The Hall–Kier alpha value is -2.16. The van der Waals surface area contributed by atoms with Crippen LogP contribution in [-0.2, 0) is 4.79 Å². The highest BCUT2D eigenvalue weighted by atomic mass is 16.4. The number of carbonyl (C=O) groups is 1. The molecule has 108 valence electrons. The van der Waals surface area contributed by atoms with E-state index in [1.165, 1.54) is 0 Å². The van der Waals surface area contributed by atoms with Crippen LogP contribution in [0.5, 0.6) is 0 Å². The topological polar surface area (TPSA) is 98.9 Å².